The Morgan fingerprint density at radius 2 is 1.68 bits per heavy atom. The van der Waals surface area contributed by atoms with Crippen LogP contribution in [0.25, 0.3) is 0 Å². The zero-order valence-corrected chi connectivity index (χ0v) is 9.70. The van der Waals surface area contributed by atoms with Gasteiger partial charge in [0.15, 0.2) is 0 Å². The minimum atomic E-state index is -1.22. The molecule has 0 spiro atoms. The highest BCUT2D eigenvalue weighted by atomic mass is 16.5. The molecule has 1 N–H and O–H groups in total. The van der Waals surface area contributed by atoms with Gasteiger partial charge in [-0.3, -0.25) is 0 Å². The van der Waals surface area contributed by atoms with E-state index < -0.39 is 11.9 Å². The van der Waals surface area contributed by atoms with E-state index in [0.29, 0.717) is 0 Å². The molecule has 0 aromatic heterocycles. The normalized spacial score (nSPS) is 9.89. The third-order valence-corrected chi connectivity index (χ3v) is 2.39. The maximum absolute atomic E-state index is 11.9. The molecule has 2 rings (SSSR count). The van der Waals surface area contributed by atoms with Crippen molar-refractivity contribution in [3.8, 4) is 11.5 Å². The molecule has 0 unspecified atom stereocenters. The predicted octanol–water partition coefficient (Wildman–Crippen LogP) is 1.68. The molecule has 0 aliphatic rings. The van der Waals surface area contributed by atoms with Gasteiger partial charge in [-0.25, -0.2) is 9.59 Å². The Hall–Kier alpha value is -2.82. The highest BCUT2D eigenvalue weighted by Crippen LogP contribution is 2.18. The van der Waals surface area contributed by atoms with Gasteiger partial charge in [-0.15, -0.1) is 5.75 Å². The second kappa shape index (κ2) is 5.22. The summed E-state index contributed by atoms with van der Waals surface area (Å²) < 4.78 is 4.97. The van der Waals surface area contributed by atoms with Crippen molar-refractivity contribution in [1.29, 1.82) is 0 Å². The molecule has 0 radical (unpaired) electrons. The van der Waals surface area contributed by atoms with Crippen molar-refractivity contribution < 1.29 is 24.5 Å². The summed E-state index contributed by atoms with van der Waals surface area (Å²) in [6.07, 6.45) is 0. The number of hydrogen-bond donors (Lipinski definition) is 1. The summed E-state index contributed by atoms with van der Waals surface area (Å²) in [5.74, 6) is -2.25. The van der Waals surface area contributed by atoms with Gasteiger partial charge in [-0.1, -0.05) is 24.3 Å². The Kier molecular flexibility index (Phi) is 3.47. The molecule has 0 amide bonds. The molecule has 0 heterocycles. The molecule has 0 saturated carbocycles. The number of carboxylic acid groups (broad SMARTS) is 1. The van der Waals surface area contributed by atoms with Crippen LogP contribution in [0.1, 0.15) is 20.7 Å². The zero-order chi connectivity index (χ0) is 13.8. The van der Waals surface area contributed by atoms with Crippen molar-refractivity contribution in [2.45, 2.75) is 0 Å². The van der Waals surface area contributed by atoms with E-state index in [2.05, 4.69) is 0 Å². The highest BCUT2D eigenvalue weighted by molar-refractivity contribution is 6.03. The molecule has 0 fully saturated rings. The van der Waals surface area contributed by atoms with E-state index in [1.165, 1.54) is 42.5 Å². The molecule has 19 heavy (non-hydrogen) atoms. The van der Waals surface area contributed by atoms with Gasteiger partial charge >= 0.3 is 11.9 Å². The third-order valence-electron chi connectivity index (χ3n) is 2.39. The number of rotatable bonds is 3. The van der Waals surface area contributed by atoms with Crippen molar-refractivity contribution in [3.05, 3.63) is 59.7 Å². The minimum Gasteiger partial charge on any atom is -0.872 e. The van der Waals surface area contributed by atoms with Crippen LogP contribution < -0.4 is 9.84 Å². The molecular formula is C14H9O5-. The maximum atomic E-state index is 11.9. The number of aromatic carboxylic acids is 1. The van der Waals surface area contributed by atoms with Crippen LogP contribution in [0.4, 0.5) is 0 Å². The molecule has 2 aromatic carbocycles. The lowest BCUT2D eigenvalue weighted by Crippen LogP contribution is -2.14. The summed E-state index contributed by atoms with van der Waals surface area (Å²) in [5, 5.41) is 20.1. The highest BCUT2D eigenvalue weighted by Gasteiger charge is 2.17. The number of esters is 1. The average molecular weight is 257 g/mol. The topological polar surface area (TPSA) is 86.7 Å². The van der Waals surface area contributed by atoms with Crippen molar-refractivity contribution in [2.24, 2.45) is 0 Å². The fraction of sp³-hybridized carbons (Fsp3) is 0. The molecule has 0 bridgehead atoms. The van der Waals surface area contributed by atoms with Crippen molar-refractivity contribution >= 4 is 11.9 Å². The maximum Gasteiger partial charge on any atom is 0.344 e. The van der Waals surface area contributed by atoms with Gasteiger partial charge in [0.2, 0.25) is 0 Å². The molecule has 5 heteroatoms. The first-order valence-electron chi connectivity index (χ1n) is 5.39. The lowest BCUT2D eigenvalue weighted by atomic mass is 10.1. The van der Waals surface area contributed by atoms with Crippen LogP contribution in [0.3, 0.4) is 0 Å². The molecule has 0 aliphatic heterocycles. The van der Waals surface area contributed by atoms with Crippen molar-refractivity contribution in [2.75, 3.05) is 0 Å². The van der Waals surface area contributed by atoms with Gasteiger partial charge in [0.25, 0.3) is 0 Å². The fourth-order valence-electron chi connectivity index (χ4n) is 1.55. The summed E-state index contributed by atoms with van der Waals surface area (Å²) >= 11 is 0. The Morgan fingerprint density at radius 3 is 2.32 bits per heavy atom. The van der Waals surface area contributed by atoms with E-state index in [4.69, 9.17) is 9.84 Å². The van der Waals surface area contributed by atoms with Gasteiger partial charge in [-0.05, 0) is 24.3 Å². The van der Waals surface area contributed by atoms with E-state index in [0.717, 1.165) is 6.07 Å². The Morgan fingerprint density at radius 1 is 1.00 bits per heavy atom. The van der Waals surface area contributed by atoms with Gasteiger partial charge in [0.1, 0.15) is 5.75 Å². The Labute approximate surface area is 108 Å². The molecule has 0 atom stereocenters. The van der Waals surface area contributed by atoms with Crippen molar-refractivity contribution in [1.82, 2.24) is 0 Å². The minimum absolute atomic E-state index is 0.0636. The second-order valence-electron chi connectivity index (χ2n) is 3.72. The summed E-state index contributed by atoms with van der Waals surface area (Å²) in [6.45, 7) is 0. The Balaban J connectivity index is 2.28. The van der Waals surface area contributed by atoms with Gasteiger partial charge in [-0.2, -0.15) is 0 Å². The van der Waals surface area contributed by atoms with E-state index >= 15 is 0 Å². The summed E-state index contributed by atoms with van der Waals surface area (Å²) in [7, 11) is 0. The number of carbonyl (C=O) groups is 2. The number of ether oxygens (including phenoxy) is 1. The molecule has 0 aliphatic carbocycles. The van der Waals surface area contributed by atoms with E-state index in [-0.39, 0.29) is 22.6 Å². The zero-order valence-electron chi connectivity index (χ0n) is 9.70. The second-order valence-corrected chi connectivity index (χ2v) is 3.72. The van der Waals surface area contributed by atoms with Crippen LogP contribution in [0.15, 0.2) is 48.5 Å². The Bertz CT molecular complexity index is 633. The SMILES string of the molecule is O=C(O)c1ccccc1C(=O)Oc1cccc([O-])c1. The summed E-state index contributed by atoms with van der Waals surface area (Å²) in [4.78, 5) is 22.8. The number of hydrogen-bond acceptors (Lipinski definition) is 4. The van der Waals surface area contributed by atoms with Crippen LogP contribution in [0.2, 0.25) is 0 Å². The molecule has 96 valence electrons. The monoisotopic (exact) mass is 257 g/mol. The first-order valence-corrected chi connectivity index (χ1v) is 5.39. The molecular weight excluding hydrogens is 248 g/mol. The average Bonchev–Trinajstić information content (AvgIpc) is 2.38. The molecule has 5 nitrogen and oxygen atoms in total. The fourth-order valence-corrected chi connectivity index (χ4v) is 1.55. The van der Waals surface area contributed by atoms with Gasteiger partial charge in [0, 0.05) is 0 Å². The lowest BCUT2D eigenvalue weighted by Gasteiger charge is -2.09. The molecule has 0 saturated heterocycles. The number of carbonyl (C=O) groups excluding carboxylic acids is 1. The smallest absolute Gasteiger partial charge is 0.344 e. The number of carboxylic acids is 1. The lowest BCUT2D eigenvalue weighted by molar-refractivity contribution is -0.268. The van der Waals surface area contributed by atoms with E-state index in [9.17, 15) is 14.7 Å². The summed E-state index contributed by atoms with van der Waals surface area (Å²) in [5.41, 5.74) is -0.211. The van der Waals surface area contributed by atoms with E-state index in [1.807, 2.05) is 0 Å². The predicted molar refractivity (Wildman–Crippen MR) is 64.2 cm³/mol. The molecule has 2 aromatic rings. The quantitative estimate of drug-likeness (QED) is 0.667. The largest absolute Gasteiger partial charge is 0.872 e. The van der Waals surface area contributed by atoms with Crippen LogP contribution >= 0.6 is 0 Å². The van der Waals surface area contributed by atoms with Crippen LogP contribution in [-0.4, -0.2) is 17.0 Å². The standard InChI is InChI=1S/C14H10O5/c15-9-4-3-5-10(8-9)19-14(18)12-7-2-1-6-11(12)13(16)17/h1-8,15H,(H,16,17)/p-1. The van der Waals surface area contributed by atoms with Gasteiger partial charge in [0.05, 0.1) is 11.1 Å². The van der Waals surface area contributed by atoms with Gasteiger partial charge < -0.3 is 14.9 Å². The van der Waals surface area contributed by atoms with Crippen molar-refractivity contribution in [3.63, 3.8) is 0 Å². The first-order chi connectivity index (χ1) is 9.08. The summed E-state index contributed by atoms with van der Waals surface area (Å²) in [6, 6.07) is 11.1. The van der Waals surface area contributed by atoms with Crippen LogP contribution in [-0.2, 0) is 0 Å². The third kappa shape index (κ3) is 2.90. The van der Waals surface area contributed by atoms with Crippen LogP contribution in [0.5, 0.6) is 11.5 Å². The van der Waals surface area contributed by atoms with E-state index in [1.54, 1.807) is 0 Å². The number of benzene rings is 2. The first kappa shape index (κ1) is 12.6. The van der Waals surface area contributed by atoms with Crippen LogP contribution in [0, 0.1) is 0 Å².